The van der Waals surface area contributed by atoms with Crippen molar-refractivity contribution in [2.75, 3.05) is 25.3 Å². The van der Waals surface area contributed by atoms with Gasteiger partial charge in [-0.25, -0.2) is 4.79 Å². The first-order valence-electron chi connectivity index (χ1n) is 9.83. The zero-order valence-electron chi connectivity index (χ0n) is 18.5. The summed E-state index contributed by atoms with van der Waals surface area (Å²) >= 11 is 2.14. The Kier molecular flexibility index (Phi) is 7.71. The molecule has 2 amide bonds. The summed E-state index contributed by atoms with van der Waals surface area (Å²) in [6.07, 6.45) is 0. The number of para-hydroxylation sites is 1. The molecule has 2 aromatic heterocycles. The van der Waals surface area contributed by atoms with Gasteiger partial charge in [0.15, 0.2) is 11.0 Å². The van der Waals surface area contributed by atoms with E-state index >= 15 is 0 Å². The average molecular weight is 490 g/mol. The number of ether oxygens (including phenoxy) is 2. The van der Waals surface area contributed by atoms with Crippen LogP contribution in [0.5, 0.6) is 5.75 Å². The SMILES string of the molecule is CCn1c(SCC(=O)Nc2sc(C(N)=O)c(C)c2C(=O)OC)nnc1-c1ccccc1OC. The highest BCUT2D eigenvalue weighted by molar-refractivity contribution is 7.99. The van der Waals surface area contributed by atoms with E-state index in [-0.39, 0.29) is 27.1 Å². The van der Waals surface area contributed by atoms with E-state index in [0.717, 1.165) is 16.9 Å². The van der Waals surface area contributed by atoms with Gasteiger partial charge in [-0.15, -0.1) is 21.5 Å². The van der Waals surface area contributed by atoms with Gasteiger partial charge in [0.2, 0.25) is 5.91 Å². The number of carbonyl (C=O) groups excluding carboxylic acids is 3. The summed E-state index contributed by atoms with van der Waals surface area (Å²) in [5, 5.41) is 12.0. The topological polar surface area (TPSA) is 138 Å². The summed E-state index contributed by atoms with van der Waals surface area (Å²) in [5.74, 6) is -0.419. The first-order valence-corrected chi connectivity index (χ1v) is 11.6. The number of nitrogens with zero attached hydrogens (tertiary/aromatic N) is 3. The van der Waals surface area contributed by atoms with E-state index in [1.165, 1.54) is 18.9 Å². The predicted octanol–water partition coefficient (Wildman–Crippen LogP) is 2.96. The van der Waals surface area contributed by atoms with Crippen LogP contribution in [0, 0.1) is 6.92 Å². The van der Waals surface area contributed by atoms with Crippen molar-refractivity contribution in [3.8, 4) is 17.1 Å². The average Bonchev–Trinajstić information content (AvgIpc) is 3.37. The van der Waals surface area contributed by atoms with E-state index in [1.807, 2.05) is 35.8 Å². The molecule has 0 aliphatic heterocycles. The number of benzene rings is 1. The number of thioether (sulfide) groups is 1. The number of rotatable bonds is 9. The Morgan fingerprint density at radius 3 is 2.58 bits per heavy atom. The number of anilines is 1. The molecule has 174 valence electrons. The maximum absolute atomic E-state index is 12.6. The van der Waals surface area contributed by atoms with Crippen LogP contribution in [-0.2, 0) is 16.1 Å². The highest BCUT2D eigenvalue weighted by Crippen LogP contribution is 2.34. The molecule has 0 atom stereocenters. The van der Waals surface area contributed by atoms with E-state index in [4.69, 9.17) is 15.2 Å². The lowest BCUT2D eigenvalue weighted by Gasteiger charge is -2.10. The van der Waals surface area contributed by atoms with Crippen molar-refractivity contribution in [2.45, 2.75) is 25.5 Å². The van der Waals surface area contributed by atoms with E-state index in [2.05, 4.69) is 15.5 Å². The second-order valence-corrected chi connectivity index (χ2v) is 8.67. The van der Waals surface area contributed by atoms with Crippen LogP contribution < -0.4 is 15.8 Å². The summed E-state index contributed by atoms with van der Waals surface area (Å²) in [5.41, 5.74) is 6.66. The van der Waals surface area contributed by atoms with Crippen molar-refractivity contribution in [2.24, 2.45) is 5.73 Å². The standard InChI is InChI=1S/C21H23N5O5S2/c1-5-26-18(12-8-6-7-9-13(12)30-3)24-25-21(26)32-10-14(27)23-19-15(20(29)31-4)11(2)16(33-19)17(22)28/h6-9H,5,10H2,1-4H3,(H2,22,28)(H,23,27). The van der Waals surface area contributed by atoms with E-state index < -0.39 is 11.9 Å². The lowest BCUT2D eigenvalue weighted by Crippen LogP contribution is -2.16. The minimum atomic E-state index is -0.683. The Morgan fingerprint density at radius 2 is 1.94 bits per heavy atom. The summed E-state index contributed by atoms with van der Waals surface area (Å²) in [7, 11) is 2.81. The normalized spacial score (nSPS) is 10.7. The molecular weight excluding hydrogens is 466 g/mol. The summed E-state index contributed by atoms with van der Waals surface area (Å²) in [6.45, 7) is 4.12. The number of hydrogen-bond donors (Lipinski definition) is 2. The summed E-state index contributed by atoms with van der Waals surface area (Å²) in [6, 6.07) is 7.48. The number of amides is 2. The Labute approximate surface area is 198 Å². The molecule has 0 saturated heterocycles. The van der Waals surface area contributed by atoms with Crippen molar-refractivity contribution in [3.63, 3.8) is 0 Å². The van der Waals surface area contributed by atoms with Crippen LogP contribution in [0.25, 0.3) is 11.4 Å². The van der Waals surface area contributed by atoms with Gasteiger partial charge in [-0.2, -0.15) is 0 Å². The summed E-state index contributed by atoms with van der Waals surface area (Å²) in [4.78, 5) is 36.7. The van der Waals surface area contributed by atoms with Crippen LogP contribution in [0.2, 0.25) is 0 Å². The van der Waals surface area contributed by atoms with Gasteiger partial charge in [-0.1, -0.05) is 23.9 Å². The van der Waals surface area contributed by atoms with E-state index in [9.17, 15) is 14.4 Å². The van der Waals surface area contributed by atoms with Crippen molar-refractivity contribution in [1.82, 2.24) is 14.8 Å². The maximum Gasteiger partial charge on any atom is 0.341 e. The molecule has 0 aliphatic rings. The molecule has 0 unspecified atom stereocenters. The Morgan fingerprint density at radius 1 is 1.21 bits per heavy atom. The molecule has 3 rings (SSSR count). The number of nitrogens with one attached hydrogen (secondary N) is 1. The van der Waals surface area contributed by atoms with Crippen LogP contribution in [0.4, 0.5) is 5.00 Å². The molecular formula is C21H23N5O5S2. The zero-order chi connectivity index (χ0) is 24.1. The molecule has 33 heavy (non-hydrogen) atoms. The predicted molar refractivity (Wildman–Crippen MR) is 126 cm³/mol. The first-order chi connectivity index (χ1) is 15.8. The third kappa shape index (κ3) is 5.01. The molecule has 0 bridgehead atoms. The molecule has 0 aliphatic carbocycles. The van der Waals surface area contributed by atoms with Crippen molar-refractivity contribution in [3.05, 3.63) is 40.3 Å². The molecule has 12 heteroatoms. The number of esters is 1. The summed E-state index contributed by atoms with van der Waals surface area (Å²) < 4.78 is 12.1. The van der Waals surface area contributed by atoms with Gasteiger partial charge < -0.3 is 25.1 Å². The van der Waals surface area contributed by atoms with Crippen LogP contribution in [0.1, 0.15) is 32.5 Å². The van der Waals surface area contributed by atoms with Crippen LogP contribution in [-0.4, -0.2) is 52.5 Å². The lowest BCUT2D eigenvalue weighted by atomic mass is 10.1. The Bertz CT molecular complexity index is 1200. The Balaban J connectivity index is 1.79. The van der Waals surface area contributed by atoms with Crippen molar-refractivity contribution < 1.29 is 23.9 Å². The van der Waals surface area contributed by atoms with E-state index in [1.54, 1.807) is 14.0 Å². The zero-order valence-corrected chi connectivity index (χ0v) is 20.1. The smallest absolute Gasteiger partial charge is 0.341 e. The monoisotopic (exact) mass is 489 g/mol. The van der Waals surface area contributed by atoms with Gasteiger partial charge >= 0.3 is 5.97 Å². The maximum atomic E-state index is 12.6. The van der Waals surface area contributed by atoms with E-state index in [0.29, 0.717) is 28.8 Å². The number of methoxy groups -OCH3 is 2. The fourth-order valence-corrected chi connectivity index (χ4v) is 5.05. The molecule has 0 saturated carbocycles. The molecule has 0 radical (unpaired) electrons. The second-order valence-electron chi connectivity index (χ2n) is 6.70. The van der Waals surface area contributed by atoms with Gasteiger partial charge in [0.1, 0.15) is 10.8 Å². The third-order valence-corrected chi connectivity index (χ3v) is 6.91. The molecule has 10 nitrogen and oxygen atoms in total. The fourth-order valence-electron chi connectivity index (χ4n) is 3.19. The highest BCUT2D eigenvalue weighted by atomic mass is 32.2. The number of carbonyl (C=O) groups is 3. The van der Waals surface area contributed by atoms with Crippen molar-refractivity contribution >= 4 is 45.9 Å². The number of hydrogen-bond acceptors (Lipinski definition) is 9. The van der Waals surface area contributed by atoms with Gasteiger partial charge in [0.25, 0.3) is 5.91 Å². The van der Waals surface area contributed by atoms with Gasteiger partial charge in [0, 0.05) is 6.54 Å². The molecule has 0 fully saturated rings. The van der Waals surface area contributed by atoms with Gasteiger partial charge in [-0.3, -0.25) is 9.59 Å². The molecule has 0 spiro atoms. The van der Waals surface area contributed by atoms with Crippen LogP contribution in [0.3, 0.4) is 0 Å². The number of aromatic nitrogens is 3. The molecule has 1 aromatic carbocycles. The first kappa shape index (κ1) is 24.3. The largest absolute Gasteiger partial charge is 0.496 e. The molecule has 2 heterocycles. The number of thiophene rings is 1. The number of nitrogens with two attached hydrogens (primary N) is 1. The van der Waals surface area contributed by atoms with Crippen LogP contribution >= 0.6 is 23.1 Å². The Hall–Kier alpha value is -3.38. The van der Waals surface area contributed by atoms with Gasteiger partial charge in [0.05, 0.1) is 36.0 Å². The highest BCUT2D eigenvalue weighted by Gasteiger charge is 2.25. The van der Waals surface area contributed by atoms with Gasteiger partial charge in [-0.05, 0) is 31.5 Å². The molecule has 3 N–H and O–H groups in total. The lowest BCUT2D eigenvalue weighted by molar-refractivity contribution is -0.113. The fraction of sp³-hybridized carbons (Fsp3) is 0.286. The number of primary amides is 1. The quantitative estimate of drug-likeness (QED) is 0.346. The van der Waals surface area contributed by atoms with Crippen molar-refractivity contribution in [1.29, 1.82) is 0 Å². The third-order valence-electron chi connectivity index (χ3n) is 4.73. The minimum Gasteiger partial charge on any atom is -0.496 e. The second kappa shape index (κ2) is 10.5. The van der Waals surface area contributed by atoms with Crippen LogP contribution in [0.15, 0.2) is 29.4 Å². The minimum absolute atomic E-state index is 0.00746. The molecule has 3 aromatic rings.